The minimum atomic E-state index is -0.489. The summed E-state index contributed by atoms with van der Waals surface area (Å²) in [4.78, 5) is 23.9. The Kier molecular flexibility index (Phi) is 5.83. The van der Waals surface area contributed by atoms with E-state index in [1.807, 2.05) is 20.8 Å². The largest absolute Gasteiger partial charge is 0.460 e. The van der Waals surface area contributed by atoms with E-state index in [1.54, 1.807) is 7.05 Å². The van der Waals surface area contributed by atoms with Crippen LogP contribution in [-0.4, -0.2) is 24.5 Å². The Morgan fingerprint density at radius 3 is 2.26 bits per heavy atom. The van der Waals surface area contributed by atoms with Gasteiger partial charge in [-0.05, 0) is 39.5 Å². The Labute approximate surface area is 116 Å². The highest BCUT2D eigenvalue weighted by Crippen LogP contribution is 2.32. The number of rotatable bonds is 4. The molecule has 1 N–H and O–H groups in total. The Hall–Kier alpha value is -1.06. The van der Waals surface area contributed by atoms with Crippen molar-refractivity contribution in [3.05, 3.63) is 0 Å². The maximum atomic E-state index is 12.0. The van der Waals surface area contributed by atoms with Crippen molar-refractivity contribution >= 4 is 11.9 Å². The lowest BCUT2D eigenvalue weighted by molar-refractivity contribution is -0.158. The molecular formula is C15H27NO3. The van der Waals surface area contributed by atoms with Gasteiger partial charge in [0.25, 0.3) is 0 Å². The van der Waals surface area contributed by atoms with Crippen molar-refractivity contribution in [2.75, 3.05) is 7.05 Å². The van der Waals surface area contributed by atoms with Crippen LogP contribution < -0.4 is 5.32 Å². The van der Waals surface area contributed by atoms with Gasteiger partial charge in [-0.25, -0.2) is 0 Å². The van der Waals surface area contributed by atoms with Crippen molar-refractivity contribution in [3.8, 4) is 0 Å². The molecule has 0 unspecified atom stereocenters. The first-order chi connectivity index (χ1) is 8.83. The second-order valence-electron chi connectivity index (χ2n) is 6.41. The molecule has 4 heteroatoms. The van der Waals surface area contributed by atoms with E-state index in [1.165, 1.54) is 6.42 Å². The zero-order valence-electron chi connectivity index (χ0n) is 12.6. The molecule has 0 aromatic rings. The molecule has 1 aliphatic rings. The standard InChI is InChI=1S/C15H27NO3/c1-15(2,3)19-13(17)10-12(14(18)16-4)11-8-6-5-7-9-11/h11-12H,5-10H2,1-4H3,(H,16,18)/t12-/m0/s1. The predicted octanol–water partition coefficient (Wildman–Crippen LogP) is 2.66. The molecule has 0 aliphatic heterocycles. The highest BCUT2D eigenvalue weighted by atomic mass is 16.6. The van der Waals surface area contributed by atoms with E-state index in [4.69, 9.17) is 4.74 Å². The lowest BCUT2D eigenvalue weighted by atomic mass is 9.78. The van der Waals surface area contributed by atoms with E-state index < -0.39 is 5.60 Å². The molecule has 110 valence electrons. The van der Waals surface area contributed by atoms with Crippen LogP contribution in [0.25, 0.3) is 0 Å². The molecule has 0 bridgehead atoms. The molecule has 1 rings (SSSR count). The van der Waals surface area contributed by atoms with Gasteiger partial charge in [-0.2, -0.15) is 0 Å². The maximum Gasteiger partial charge on any atom is 0.307 e. The third-order valence-electron chi connectivity index (χ3n) is 3.61. The van der Waals surface area contributed by atoms with Gasteiger partial charge in [0, 0.05) is 7.05 Å². The van der Waals surface area contributed by atoms with E-state index in [0.29, 0.717) is 5.92 Å². The SMILES string of the molecule is CNC(=O)[C@@H](CC(=O)OC(C)(C)C)C1CCCCC1. The van der Waals surface area contributed by atoms with Crippen LogP contribution >= 0.6 is 0 Å². The van der Waals surface area contributed by atoms with Crippen LogP contribution in [0.15, 0.2) is 0 Å². The van der Waals surface area contributed by atoms with Gasteiger partial charge in [0.05, 0.1) is 12.3 Å². The highest BCUT2D eigenvalue weighted by molar-refractivity contribution is 5.83. The molecule has 1 atom stereocenters. The number of hydrogen-bond donors (Lipinski definition) is 1. The van der Waals surface area contributed by atoms with E-state index in [9.17, 15) is 9.59 Å². The number of esters is 1. The van der Waals surface area contributed by atoms with Crippen molar-refractivity contribution in [1.29, 1.82) is 0 Å². The summed E-state index contributed by atoms with van der Waals surface area (Å²) in [6, 6.07) is 0. The Balaban J connectivity index is 2.64. The molecular weight excluding hydrogens is 242 g/mol. The fourth-order valence-electron chi connectivity index (χ4n) is 2.76. The summed E-state index contributed by atoms with van der Waals surface area (Å²) >= 11 is 0. The monoisotopic (exact) mass is 269 g/mol. The first-order valence-electron chi connectivity index (χ1n) is 7.27. The van der Waals surface area contributed by atoms with Gasteiger partial charge in [0.2, 0.25) is 5.91 Å². The number of carbonyl (C=O) groups is 2. The van der Waals surface area contributed by atoms with E-state index in [-0.39, 0.29) is 24.2 Å². The molecule has 1 aliphatic carbocycles. The second-order valence-corrected chi connectivity index (χ2v) is 6.41. The van der Waals surface area contributed by atoms with Gasteiger partial charge in [-0.1, -0.05) is 19.3 Å². The van der Waals surface area contributed by atoms with Crippen LogP contribution in [0.5, 0.6) is 0 Å². The number of carbonyl (C=O) groups excluding carboxylic acids is 2. The van der Waals surface area contributed by atoms with Crippen molar-refractivity contribution < 1.29 is 14.3 Å². The molecule has 0 saturated heterocycles. The topological polar surface area (TPSA) is 55.4 Å². The third kappa shape index (κ3) is 5.62. The third-order valence-corrected chi connectivity index (χ3v) is 3.61. The van der Waals surface area contributed by atoms with Crippen LogP contribution in [0.3, 0.4) is 0 Å². The smallest absolute Gasteiger partial charge is 0.307 e. The van der Waals surface area contributed by atoms with Gasteiger partial charge in [0.1, 0.15) is 5.60 Å². The van der Waals surface area contributed by atoms with Crippen molar-refractivity contribution in [2.45, 2.75) is 64.9 Å². The molecule has 1 fully saturated rings. The van der Waals surface area contributed by atoms with Crippen LogP contribution in [0.4, 0.5) is 0 Å². The molecule has 4 nitrogen and oxygen atoms in total. The summed E-state index contributed by atoms with van der Waals surface area (Å²) in [6.45, 7) is 5.54. The molecule has 19 heavy (non-hydrogen) atoms. The lowest BCUT2D eigenvalue weighted by Crippen LogP contribution is -2.36. The fraction of sp³-hybridized carbons (Fsp3) is 0.867. The summed E-state index contributed by atoms with van der Waals surface area (Å²) in [5.41, 5.74) is -0.489. The molecule has 0 radical (unpaired) electrons. The summed E-state index contributed by atoms with van der Waals surface area (Å²) in [5.74, 6) is -0.217. The first-order valence-corrected chi connectivity index (χ1v) is 7.27. The molecule has 0 aromatic carbocycles. The Morgan fingerprint density at radius 1 is 1.21 bits per heavy atom. The zero-order chi connectivity index (χ0) is 14.5. The van der Waals surface area contributed by atoms with Crippen LogP contribution in [-0.2, 0) is 14.3 Å². The summed E-state index contributed by atoms with van der Waals surface area (Å²) in [6.07, 6.45) is 5.84. The predicted molar refractivity (Wildman–Crippen MR) is 74.6 cm³/mol. The Morgan fingerprint density at radius 2 is 1.79 bits per heavy atom. The van der Waals surface area contributed by atoms with Gasteiger partial charge in [-0.3, -0.25) is 9.59 Å². The van der Waals surface area contributed by atoms with E-state index in [0.717, 1.165) is 25.7 Å². The molecule has 1 amide bonds. The zero-order valence-corrected chi connectivity index (χ0v) is 12.6. The fourth-order valence-corrected chi connectivity index (χ4v) is 2.76. The lowest BCUT2D eigenvalue weighted by Gasteiger charge is -2.29. The molecule has 0 heterocycles. The summed E-state index contributed by atoms with van der Waals surface area (Å²) < 4.78 is 5.33. The minimum Gasteiger partial charge on any atom is -0.460 e. The average Bonchev–Trinajstić information content (AvgIpc) is 2.34. The van der Waals surface area contributed by atoms with Gasteiger partial charge < -0.3 is 10.1 Å². The van der Waals surface area contributed by atoms with Crippen molar-refractivity contribution in [1.82, 2.24) is 5.32 Å². The molecule has 0 aromatic heterocycles. The normalized spacial score (nSPS) is 18.7. The maximum absolute atomic E-state index is 12.0. The number of amides is 1. The second kappa shape index (κ2) is 6.92. The summed E-state index contributed by atoms with van der Waals surface area (Å²) in [5, 5.41) is 2.68. The van der Waals surface area contributed by atoms with Gasteiger partial charge >= 0.3 is 5.97 Å². The highest BCUT2D eigenvalue weighted by Gasteiger charge is 2.32. The summed E-state index contributed by atoms with van der Waals surface area (Å²) in [7, 11) is 1.63. The first kappa shape index (κ1) is 16.0. The van der Waals surface area contributed by atoms with E-state index in [2.05, 4.69) is 5.32 Å². The molecule has 1 saturated carbocycles. The van der Waals surface area contributed by atoms with E-state index >= 15 is 0 Å². The quantitative estimate of drug-likeness (QED) is 0.798. The average molecular weight is 269 g/mol. The van der Waals surface area contributed by atoms with Crippen molar-refractivity contribution in [3.63, 3.8) is 0 Å². The van der Waals surface area contributed by atoms with Gasteiger partial charge in [-0.15, -0.1) is 0 Å². The van der Waals surface area contributed by atoms with Crippen LogP contribution in [0.1, 0.15) is 59.3 Å². The van der Waals surface area contributed by atoms with Gasteiger partial charge in [0.15, 0.2) is 0 Å². The number of ether oxygens (including phenoxy) is 1. The van der Waals surface area contributed by atoms with Crippen LogP contribution in [0, 0.1) is 11.8 Å². The number of nitrogens with one attached hydrogen (secondary N) is 1. The Bertz CT molecular complexity index is 314. The molecule has 0 spiro atoms. The van der Waals surface area contributed by atoms with Crippen LogP contribution in [0.2, 0.25) is 0 Å². The number of hydrogen-bond acceptors (Lipinski definition) is 3. The van der Waals surface area contributed by atoms with Crippen molar-refractivity contribution in [2.24, 2.45) is 11.8 Å². The minimum absolute atomic E-state index is 0.0299.